The van der Waals surface area contributed by atoms with Gasteiger partial charge in [0.25, 0.3) is 0 Å². The highest BCUT2D eigenvalue weighted by atomic mass is 16.5. The molecular formula is C11H13O. The van der Waals surface area contributed by atoms with Gasteiger partial charge in [-0.2, -0.15) is 0 Å². The van der Waals surface area contributed by atoms with Crippen LogP contribution in [0.25, 0.3) is 0 Å². The van der Waals surface area contributed by atoms with Gasteiger partial charge in [0.05, 0.1) is 6.10 Å². The van der Waals surface area contributed by atoms with Gasteiger partial charge in [0.15, 0.2) is 0 Å². The van der Waals surface area contributed by atoms with E-state index >= 15 is 0 Å². The number of benzene rings is 1. The summed E-state index contributed by atoms with van der Waals surface area (Å²) in [5.74, 6) is 0.895. The molecule has 1 nitrogen and oxygen atoms in total. The fraction of sp³-hybridized carbons (Fsp3) is 0.273. The van der Waals surface area contributed by atoms with Crippen LogP contribution in [0, 0.1) is 6.58 Å². The van der Waals surface area contributed by atoms with Crippen molar-refractivity contribution in [2.24, 2.45) is 0 Å². The van der Waals surface area contributed by atoms with Crippen molar-refractivity contribution in [3.63, 3.8) is 0 Å². The average Bonchev–Trinajstić information content (AvgIpc) is 2.06. The van der Waals surface area contributed by atoms with Crippen LogP contribution in [0.4, 0.5) is 0 Å². The molecule has 1 aromatic carbocycles. The lowest BCUT2D eigenvalue weighted by atomic mass is 10.3. The Hall–Kier alpha value is -1.24. The van der Waals surface area contributed by atoms with E-state index in [1.54, 1.807) is 6.08 Å². The maximum absolute atomic E-state index is 5.54. The molecule has 0 fully saturated rings. The van der Waals surface area contributed by atoms with Crippen molar-refractivity contribution >= 4 is 0 Å². The Morgan fingerprint density at radius 2 is 2.08 bits per heavy atom. The maximum atomic E-state index is 5.54. The summed E-state index contributed by atoms with van der Waals surface area (Å²) >= 11 is 0. The second kappa shape index (κ2) is 4.60. The highest BCUT2D eigenvalue weighted by Gasteiger charge is 1.99. The molecule has 0 aliphatic carbocycles. The summed E-state index contributed by atoms with van der Waals surface area (Å²) in [6.07, 6.45) is 2.54. The minimum Gasteiger partial charge on any atom is -0.490 e. The first-order chi connectivity index (χ1) is 5.83. The van der Waals surface area contributed by atoms with Crippen LogP contribution >= 0.6 is 0 Å². The standard InChI is InChI=1S/C11H13O/c1-3-7-10(2)12-11-8-5-4-6-9-11/h1,3-6,8-10H,7H2,2H3. The van der Waals surface area contributed by atoms with Crippen LogP contribution in [0.3, 0.4) is 0 Å². The van der Waals surface area contributed by atoms with Gasteiger partial charge in [-0.15, -0.1) is 0 Å². The lowest BCUT2D eigenvalue weighted by molar-refractivity contribution is 0.225. The van der Waals surface area contributed by atoms with E-state index in [1.807, 2.05) is 37.3 Å². The van der Waals surface area contributed by atoms with Crippen molar-refractivity contribution in [2.75, 3.05) is 0 Å². The first-order valence-electron chi connectivity index (χ1n) is 4.08. The summed E-state index contributed by atoms with van der Waals surface area (Å²) in [5.41, 5.74) is 0. The molecule has 0 saturated heterocycles. The molecule has 0 amide bonds. The lowest BCUT2D eigenvalue weighted by Gasteiger charge is -2.11. The Labute approximate surface area is 73.7 Å². The lowest BCUT2D eigenvalue weighted by Crippen LogP contribution is -2.09. The van der Waals surface area contributed by atoms with Gasteiger partial charge >= 0.3 is 0 Å². The van der Waals surface area contributed by atoms with Crippen molar-refractivity contribution in [1.82, 2.24) is 0 Å². The minimum absolute atomic E-state index is 0.150. The third-order valence-electron chi connectivity index (χ3n) is 1.55. The highest BCUT2D eigenvalue weighted by Crippen LogP contribution is 2.11. The zero-order valence-corrected chi connectivity index (χ0v) is 7.23. The van der Waals surface area contributed by atoms with Crippen LogP contribution in [-0.2, 0) is 0 Å². The van der Waals surface area contributed by atoms with Crippen molar-refractivity contribution in [2.45, 2.75) is 19.4 Å². The second-order valence-electron chi connectivity index (χ2n) is 2.71. The second-order valence-corrected chi connectivity index (χ2v) is 2.71. The summed E-state index contributed by atoms with van der Waals surface area (Å²) in [4.78, 5) is 0. The number of rotatable bonds is 4. The Kier molecular flexibility index (Phi) is 3.39. The van der Waals surface area contributed by atoms with Crippen LogP contribution < -0.4 is 4.74 Å². The topological polar surface area (TPSA) is 9.23 Å². The number of hydrogen-bond donors (Lipinski definition) is 0. The number of hydrogen-bond acceptors (Lipinski definition) is 1. The van der Waals surface area contributed by atoms with Crippen LogP contribution in [0.2, 0.25) is 0 Å². The van der Waals surface area contributed by atoms with E-state index in [9.17, 15) is 0 Å². The normalized spacial score (nSPS) is 12.1. The van der Waals surface area contributed by atoms with Crippen LogP contribution in [-0.4, -0.2) is 6.10 Å². The molecule has 1 rings (SSSR count). The quantitative estimate of drug-likeness (QED) is 0.659. The zero-order chi connectivity index (χ0) is 8.81. The third-order valence-corrected chi connectivity index (χ3v) is 1.55. The molecule has 0 N–H and O–H groups in total. The Balaban J connectivity index is 2.46. The fourth-order valence-electron chi connectivity index (χ4n) is 0.971. The average molecular weight is 161 g/mol. The summed E-state index contributed by atoms with van der Waals surface area (Å²) in [6.45, 7) is 7.27. The molecule has 0 bridgehead atoms. The van der Waals surface area contributed by atoms with Gasteiger partial charge in [0.1, 0.15) is 5.75 Å². The molecule has 0 spiro atoms. The van der Waals surface area contributed by atoms with E-state index in [1.165, 1.54) is 0 Å². The molecule has 1 heteroatoms. The summed E-state index contributed by atoms with van der Waals surface area (Å²) in [6, 6.07) is 9.75. The van der Waals surface area contributed by atoms with Gasteiger partial charge < -0.3 is 4.74 Å². The molecule has 63 valence electrons. The van der Waals surface area contributed by atoms with E-state index in [-0.39, 0.29) is 6.10 Å². The van der Waals surface area contributed by atoms with Crippen molar-refractivity contribution in [1.29, 1.82) is 0 Å². The summed E-state index contributed by atoms with van der Waals surface area (Å²) in [5, 5.41) is 0. The molecule has 1 aromatic rings. The van der Waals surface area contributed by atoms with Gasteiger partial charge in [0.2, 0.25) is 0 Å². The summed E-state index contributed by atoms with van der Waals surface area (Å²) < 4.78 is 5.54. The third kappa shape index (κ3) is 2.79. The monoisotopic (exact) mass is 161 g/mol. The Morgan fingerprint density at radius 3 is 2.67 bits per heavy atom. The first-order valence-corrected chi connectivity index (χ1v) is 4.08. The Morgan fingerprint density at radius 1 is 1.42 bits per heavy atom. The smallest absolute Gasteiger partial charge is 0.119 e. The van der Waals surface area contributed by atoms with Crippen molar-refractivity contribution in [3.8, 4) is 5.75 Å². The molecule has 1 unspecified atom stereocenters. The maximum Gasteiger partial charge on any atom is 0.119 e. The van der Waals surface area contributed by atoms with E-state index in [2.05, 4.69) is 0 Å². The van der Waals surface area contributed by atoms with E-state index in [0.717, 1.165) is 12.2 Å². The fourth-order valence-corrected chi connectivity index (χ4v) is 0.971. The SMILES string of the molecule is [CH]=CCC(C)Oc1ccccc1. The largest absolute Gasteiger partial charge is 0.490 e. The molecule has 0 aliphatic rings. The predicted octanol–water partition coefficient (Wildman–Crippen LogP) is 2.83. The molecule has 0 saturated carbocycles. The van der Waals surface area contributed by atoms with E-state index < -0.39 is 0 Å². The van der Waals surface area contributed by atoms with Crippen molar-refractivity contribution < 1.29 is 4.74 Å². The molecule has 0 heterocycles. The van der Waals surface area contributed by atoms with Gasteiger partial charge in [-0.05, 0) is 19.1 Å². The highest BCUT2D eigenvalue weighted by molar-refractivity contribution is 5.21. The molecule has 1 atom stereocenters. The summed E-state index contributed by atoms with van der Waals surface area (Å²) in [7, 11) is 0. The Bertz CT molecular complexity index is 228. The molecule has 12 heavy (non-hydrogen) atoms. The van der Waals surface area contributed by atoms with Crippen molar-refractivity contribution in [3.05, 3.63) is 43.0 Å². The van der Waals surface area contributed by atoms with Gasteiger partial charge in [-0.3, -0.25) is 0 Å². The van der Waals surface area contributed by atoms with Gasteiger partial charge in [-0.25, -0.2) is 0 Å². The number of ether oxygens (including phenoxy) is 1. The number of para-hydroxylation sites is 1. The van der Waals surface area contributed by atoms with Gasteiger partial charge in [0, 0.05) is 6.42 Å². The predicted molar refractivity (Wildman–Crippen MR) is 50.0 cm³/mol. The molecule has 0 aliphatic heterocycles. The van der Waals surface area contributed by atoms with Gasteiger partial charge in [-0.1, -0.05) is 30.9 Å². The van der Waals surface area contributed by atoms with E-state index in [4.69, 9.17) is 11.3 Å². The molecular weight excluding hydrogens is 148 g/mol. The minimum atomic E-state index is 0.150. The van der Waals surface area contributed by atoms with Crippen LogP contribution in [0.15, 0.2) is 36.4 Å². The van der Waals surface area contributed by atoms with E-state index in [0.29, 0.717) is 0 Å². The molecule has 1 radical (unpaired) electrons. The zero-order valence-electron chi connectivity index (χ0n) is 7.23. The van der Waals surface area contributed by atoms with Crippen LogP contribution in [0.5, 0.6) is 5.75 Å². The molecule has 0 aromatic heterocycles. The van der Waals surface area contributed by atoms with Crippen LogP contribution in [0.1, 0.15) is 13.3 Å². The first kappa shape index (κ1) is 8.85.